The summed E-state index contributed by atoms with van der Waals surface area (Å²) in [5, 5.41) is 9.87. The second kappa shape index (κ2) is 5.24. The second-order valence-corrected chi connectivity index (χ2v) is 5.52. The van der Waals surface area contributed by atoms with Crippen LogP contribution in [-0.2, 0) is 16.1 Å². The molecule has 0 spiro atoms. The summed E-state index contributed by atoms with van der Waals surface area (Å²) in [6.07, 6.45) is 1.62. The molecule has 1 atom stereocenters. The molecule has 7 heteroatoms. The summed E-state index contributed by atoms with van der Waals surface area (Å²) in [6, 6.07) is 3.30. The smallest absolute Gasteiger partial charge is 0.323 e. The van der Waals surface area contributed by atoms with Gasteiger partial charge < -0.3 is 14.4 Å². The molecule has 5 nitrogen and oxygen atoms in total. The third-order valence-electron chi connectivity index (χ3n) is 3.33. The number of hydrogen-bond acceptors (Lipinski definition) is 3. The first-order valence-corrected chi connectivity index (χ1v) is 7.00. The Labute approximate surface area is 125 Å². The van der Waals surface area contributed by atoms with Crippen LogP contribution in [0.5, 0.6) is 0 Å². The molecular weight excluding hydrogens is 303 g/mol. The molecule has 1 aliphatic rings. The van der Waals surface area contributed by atoms with Crippen molar-refractivity contribution in [1.29, 1.82) is 0 Å². The van der Waals surface area contributed by atoms with E-state index in [9.17, 15) is 4.79 Å². The summed E-state index contributed by atoms with van der Waals surface area (Å²) in [7, 11) is 0. The average Bonchev–Trinajstić information content (AvgIpc) is 2.99. The van der Waals surface area contributed by atoms with Crippen LogP contribution in [0.15, 0.2) is 12.1 Å². The first-order valence-electron chi connectivity index (χ1n) is 6.25. The number of hydrogen-bond donors (Lipinski definition) is 1. The molecule has 1 aromatic carbocycles. The van der Waals surface area contributed by atoms with Crippen LogP contribution in [0.4, 0.5) is 0 Å². The molecule has 1 N–H and O–H groups in total. The molecule has 0 aliphatic carbocycles. The van der Waals surface area contributed by atoms with Gasteiger partial charge in [-0.15, -0.1) is 0 Å². The number of fused-ring (bicyclic) bond motifs is 1. The lowest BCUT2D eigenvalue weighted by molar-refractivity contribution is -0.137. The molecule has 0 amide bonds. The highest BCUT2D eigenvalue weighted by atomic mass is 35.5. The first-order chi connectivity index (χ1) is 9.56. The number of aliphatic carboxylic acids is 1. The zero-order valence-corrected chi connectivity index (χ0v) is 12.0. The highest BCUT2D eigenvalue weighted by molar-refractivity contribution is 6.42. The number of nitrogens with zero attached hydrogens (tertiary/aromatic N) is 2. The van der Waals surface area contributed by atoms with Gasteiger partial charge in [-0.1, -0.05) is 23.2 Å². The number of ether oxygens (including phenoxy) is 1. The average molecular weight is 315 g/mol. The molecule has 106 valence electrons. The molecule has 0 saturated carbocycles. The topological polar surface area (TPSA) is 64.3 Å². The largest absolute Gasteiger partial charge is 0.480 e. The van der Waals surface area contributed by atoms with Gasteiger partial charge in [0.25, 0.3) is 0 Å². The molecule has 0 radical (unpaired) electrons. The summed E-state index contributed by atoms with van der Waals surface area (Å²) in [4.78, 5) is 15.6. The fourth-order valence-electron chi connectivity index (χ4n) is 2.47. The summed E-state index contributed by atoms with van der Waals surface area (Å²) >= 11 is 12.0. The van der Waals surface area contributed by atoms with Crippen LogP contribution >= 0.6 is 23.2 Å². The Hall–Kier alpha value is -1.30. The van der Waals surface area contributed by atoms with Crippen molar-refractivity contribution in [2.75, 3.05) is 6.61 Å². The zero-order chi connectivity index (χ0) is 14.3. The molecule has 20 heavy (non-hydrogen) atoms. The number of carboxylic acid groups (broad SMARTS) is 1. The Morgan fingerprint density at radius 1 is 1.45 bits per heavy atom. The molecule has 3 rings (SSSR count). The van der Waals surface area contributed by atoms with Gasteiger partial charge >= 0.3 is 5.97 Å². The van der Waals surface area contributed by atoms with Gasteiger partial charge in [-0.25, -0.2) is 4.98 Å². The van der Waals surface area contributed by atoms with Crippen molar-refractivity contribution < 1.29 is 14.6 Å². The van der Waals surface area contributed by atoms with E-state index in [4.69, 9.17) is 33.0 Å². The maximum atomic E-state index is 11.1. The summed E-state index contributed by atoms with van der Waals surface area (Å²) in [5.74, 6) is -0.312. The van der Waals surface area contributed by atoms with Crippen LogP contribution in [0, 0.1) is 0 Å². The first kappa shape index (κ1) is 13.7. The molecule has 2 heterocycles. The lowest BCUT2D eigenvalue weighted by Crippen LogP contribution is -2.14. The van der Waals surface area contributed by atoms with Crippen LogP contribution in [0.2, 0.25) is 10.0 Å². The van der Waals surface area contributed by atoms with E-state index in [2.05, 4.69) is 4.98 Å². The Balaban J connectivity index is 2.18. The summed E-state index contributed by atoms with van der Waals surface area (Å²) in [6.45, 7) is 0.492. The van der Waals surface area contributed by atoms with Gasteiger partial charge in [-0.05, 0) is 25.0 Å². The fourth-order valence-corrected chi connectivity index (χ4v) is 2.78. The summed E-state index contributed by atoms with van der Waals surface area (Å²) < 4.78 is 7.24. The molecule has 2 aromatic rings. The van der Waals surface area contributed by atoms with Gasteiger partial charge in [0.05, 0.1) is 21.1 Å². The molecule has 1 unspecified atom stereocenters. The van der Waals surface area contributed by atoms with Crippen molar-refractivity contribution in [3.63, 3.8) is 0 Å². The van der Waals surface area contributed by atoms with E-state index in [-0.39, 0.29) is 12.6 Å². The third-order valence-corrected chi connectivity index (χ3v) is 4.05. The van der Waals surface area contributed by atoms with Crippen LogP contribution in [-0.4, -0.2) is 27.2 Å². The Bertz CT molecular complexity index is 678. The minimum absolute atomic E-state index is 0.167. The van der Waals surface area contributed by atoms with Gasteiger partial charge in [0.15, 0.2) is 0 Å². The molecule has 1 fully saturated rings. The lowest BCUT2D eigenvalue weighted by atomic mass is 10.2. The molecule has 1 saturated heterocycles. The van der Waals surface area contributed by atoms with Crippen molar-refractivity contribution in [1.82, 2.24) is 9.55 Å². The molecule has 1 aliphatic heterocycles. The van der Waals surface area contributed by atoms with Gasteiger partial charge in [0, 0.05) is 6.61 Å². The second-order valence-electron chi connectivity index (χ2n) is 4.71. The van der Waals surface area contributed by atoms with Gasteiger partial charge in [-0.2, -0.15) is 0 Å². The predicted molar refractivity (Wildman–Crippen MR) is 75.3 cm³/mol. The van der Waals surface area contributed by atoms with E-state index in [1.807, 2.05) is 0 Å². The summed E-state index contributed by atoms with van der Waals surface area (Å²) in [5.41, 5.74) is 1.29. The third kappa shape index (κ3) is 2.37. The van der Waals surface area contributed by atoms with Crippen molar-refractivity contribution in [3.8, 4) is 0 Å². The minimum Gasteiger partial charge on any atom is -0.480 e. The molecule has 1 aromatic heterocycles. The highest BCUT2D eigenvalue weighted by Crippen LogP contribution is 2.33. The van der Waals surface area contributed by atoms with E-state index in [1.165, 1.54) is 0 Å². The normalized spacial score (nSPS) is 18.8. The highest BCUT2D eigenvalue weighted by Gasteiger charge is 2.25. The van der Waals surface area contributed by atoms with Gasteiger partial charge in [-0.3, -0.25) is 4.79 Å². The predicted octanol–water partition coefficient (Wildman–Crippen LogP) is 3.28. The van der Waals surface area contributed by atoms with E-state index in [0.29, 0.717) is 33.5 Å². The van der Waals surface area contributed by atoms with Crippen molar-refractivity contribution >= 4 is 40.2 Å². The van der Waals surface area contributed by atoms with E-state index < -0.39 is 5.97 Å². The standard InChI is InChI=1S/C13H12Cl2N2O3/c14-7-4-9-10(5-8(7)15)17(6-12(18)19)13(16-9)11-2-1-3-20-11/h4-5,11H,1-3,6H2,(H,18,19). The SMILES string of the molecule is O=C(O)Cn1c(C2CCCO2)nc2cc(Cl)c(Cl)cc21. The van der Waals surface area contributed by atoms with Crippen LogP contribution < -0.4 is 0 Å². The minimum atomic E-state index is -0.936. The number of carboxylic acids is 1. The number of carbonyl (C=O) groups is 1. The Kier molecular flexibility index (Phi) is 3.58. The van der Waals surface area contributed by atoms with E-state index >= 15 is 0 Å². The Morgan fingerprint density at radius 2 is 2.20 bits per heavy atom. The number of imidazole rings is 1. The maximum Gasteiger partial charge on any atom is 0.323 e. The number of halogens is 2. The van der Waals surface area contributed by atoms with Crippen molar-refractivity contribution in [3.05, 3.63) is 28.0 Å². The van der Waals surface area contributed by atoms with Gasteiger partial charge in [0.1, 0.15) is 18.5 Å². The quantitative estimate of drug-likeness (QED) is 0.944. The fraction of sp³-hybridized carbons (Fsp3) is 0.385. The Morgan fingerprint density at radius 3 is 2.85 bits per heavy atom. The number of aromatic nitrogens is 2. The van der Waals surface area contributed by atoms with Crippen LogP contribution in [0.1, 0.15) is 24.8 Å². The van der Waals surface area contributed by atoms with E-state index in [0.717, 1.165) is 12.8 Å². The monoisotopic (exact) mass is 314 g/mol. The van der Waals surface area contributed by atoms with Crippen molar-refractivity contribution in [2.24, 2.45) is 0 Å². The van der Waals surface area contributed by atoms with Crippen LogP contribution in [0.25, 0.3) is 11.0 Å². The molecular formula is C13H12Cl2N2O3. The number of benzene rings is 1. The van der Waals surface area contributed by atoms with Crippen molar-refractivity contribution in [2.45, 2.75) is 25.5 Å². The maximum absolute atomic E-state index is 11.1. The van der Waals surface area contributed by atoms with Crippen LogP contribution in [0.3, 0.4) is 0 Å². The lowest BCUT2D eigenvalue weighted by Gasteiger charge is -2.11. The van der Waals surface area contributed by atoms with E-state index in [1.54, 1.807) is 16.7 Å². The molecule has 0 bridgehead atoms. The number of rotatable bonds is 3. The zero-order valence-electron chi connectivity index (χ0n) is 10.5. The van der Waals surface area contributed by atoms with Gasteiger partial charge in [0.2, 0.25) is 0 Å².